The van der Waals surface area contributed by atoms with Gasteiger partial charge in [-0.3, -0.25) is 4.57 Å². The van der Waals surface area contributed by atoms with Crippen molar-refractivity contribution in [3.8, 4) is 28.6 Å². The van der Waals surface area contributed by atoms with Gasteiger partial charge >= 0.3 is 0 Å². The number of allylic oxidation sites excluding steroid dienone is 4. The Morgan fingerprint density at radius 2 is 0.890 bits per heavy atom. The monoisotopic (exact) mass is 932 g/mol. The van der Waals surface area contributed by atoms with Crippen LogP contribution < -0.4 is 4.90 Å². The van der Waals surface area contributed by atoms with E-state index in [0.717, 1.165) is 88.7 Å². The molecule has 5 heterocycles. The molecule has 6 nitrogen and oxygen atoms in total. The zero-order chi connectivity index (χ0) is 48.1. The van der Waals surface area contributed by atoms with Gasteiger partial charge in [0, 0.05) is 83.5 Å². The van der Waals surface area contributed by atoms with Crippen molar-refractivity contribution >= 4 is 104 Å². The lowest BCUT2D eigenvalue weighted by molar-refractivity contribution is 1.07. The second-order valence-corrected chi connectivity index (χ2v) is 19.0. The Kier molecular flexibility index (Phi) is 9.07. The predicted octanol–water partition coefficient (Wildman–Crippen LogP) is 17.0. The molecule has 0 aliphatic carbocycles. The molecular formula is C67H44N6. The number of benzene rings is 10. The van der Waals surface area contributed by atoms with Crippen LogP contribution in [0.15, 0.2) is 249 Å². The van der Waals surface area contributed by atoms with E-state index in [1.165, 1.54) is 43.6 Å². The normalized spacial score (nSPS) is 13.9. The number of hydrogen-bond donors (Lipinski definition) is 0. The highest BCUT2D eigenvalue weighted by Gasteiger charge is 2.23. The van der Waals surface area contributed by atoms with Gasteiger partial charge in [-0.2, -0.15) is 0 Å². The summed E-state index contributed by atoms with van der Waals surface area (Å²) in [6, 6.07) is 78.8. The van der Waals surface area contributed by atoms with Crippen molar-refractivity contribution in [2.75, 3.05) is 11.4 Å². The van der Waals surface area contributed by atoms with Crippen molar-refractivity contribution in [2.45, 2.75) is 0 Å². The number of nitrogens with zero attached hydrogens (tertiary/aromatic N) is 6. The summed E-state index contributed by atoms with van der Waals surface area (Å²) in [6.45, 7) is 5.28. The number of para-hydroxylation sites is 5. The first-order valence-corrected chi connectivity index (χ1v) is 24.9. The van der Waals surface area contributed by atoms with Crippen LogP contribution in [0.2, 0.25) is 0 Å². The Bertz CT molecular complexity index is 4570. The molecule has 0 unspecified atom stereocenters. The van der Waals surface area contributed by atoms with Crippen LogP contribution in [0.3, 0.4) is 0 Å². The van der Waals surface area contributed by atoms with E-state index < -0.39 is 0 Å². The molecule has 0 radical (unpaired) electrons. The van der Waals surface area contributed by atoms with Crippen LogP contribution in [0.1, 0.15) is 5.56 Å². The second-order valence-electron chi connectivity index (χ2n) is 19.0. The Hall–Kier alpha value is -9.78. The smallest absolute Gasteiger partial charge is 0.162 e. The molecule has 1 aliphatic heterocycles. The Morgan fingerprint density at radius 3 is 1.52 bits per heavy atom. The molecule has 0 saturated carbocycles. The molecule has 10 aromatic carbocycles. The highest BCUT2D eigenvalue weighted by atomic mass is 15.1. The molecule has 0 fully saturated rings. The quantitative estimate of drug-likeness (QED) is 0.162. The molecule has 0 N–H and O–H groups in total. The SMILES string of the molecule is C=C1/C=C\C=C/CN(c2ccc(-c3nc(-n4c5ccccc5c5cc(-n6c7ccccc7c7ccccc76)ccc54)c4ccc5ccccc5c4n3)cc2)c2ccc(-n3c4ccccc4c4ccccc43)cc21. The maximum absolute atomic E-state index is 5.58. The molecular weight excluding hydrogens is 889 g/mol. The van der Waals surface area contributed by atoms with Gasteiger partial charge in [0.2, 0.25) is 0 Å². The molecule has 1 aliphatic rings. The summed E-state index contributed by atoms with van der Waals surface area (Å²) in [4.78, 5) is 13.4. The minimum absolute atomic E-state index is 0.663. The third-order valence-corrected chi connectivity index (χ3v) is 15.0. The molecule has 4 aromatic heterocycles. The number of aromatic nitrogens is 5. The minimum Gasteiger partial charge on any atom is -0.337 e. The summed E-state index contributed by atoms with van der Waals surface area (Å²) in [5, 5.41) is 10.5. The van der Waals surface area contributed by atoms with Gasteiger partial charge in [-0.1, -0.05) is 152 Å². The fourth-order valence-corrected chi connectivity index (χ4v) is 11.7. The van der Waals surface area contributed by atoms with Crippen molar-refractivity contribution < 1.29 is 0 Å². The van der Waals surface area contributed by atoms with Gasteiger partial charge in [0.25, 0.3) is 0 Å². The number of fused-ring (bicyclic) bond motifs is 13. The summed E-state index contributed by atoms with van der Waals surface area (Å²) in [6.07, 6.45) is 8.51. The summed E-state index contributed by atoms with van der Waals surface area (Å²) >= 11 is 0. The maximum atomic E-state index is 5.58. The zero-order valence-electron chi connectivity index (χ0n) is 39.7. The van der Waals surface area contributed by atoms with Gasteiger partial charge in [-0.05, 0) is 108 Å². The summed E-state index contributed by atoms with van der Waals surface area (Å²) in [5.74, 6) is 1.51. The van der Waals surface area contributed by atoms with Gasteiger partial charge in [-0.25, -0.2) is 9.97 Å². The van der Waals surface area contributed by atoms with Crippen LogP contribution in [-0.4, -0.2) is 30.2 Å². The van der Waals surface area contributed by atoms with E-state index in [9.17, 15) is 0 Å². The Labute approximate surface area is 420 Å². The lowest BCUT2D eigenvalue weighted by Crippen LogP contribution is -2.18. The molecule has 342 valence electrons. The molecule has 14 aromatic rings. The topological polar surface area (TPSA) is 43.8 Å². The minimum atomic E-state index is 0.663. The van der Waals surface area contributed by atoms with Gasteiger partial charge in [0.1, 0.15) is 5.82 Å². The first-order valence-electron chi connectivity index (χ1n) is 24.9. The van der Waals surface area contributed by atoms with Gasteiger partial charge < -0.3 is 14.0 Å². The van der Waals surface area contributed by atoms with Crippen LogP contribution >= 0.6 is 0 Å². The van der Waals surface area contributed by atoms with Gasteiger partial charge in [0.05, 0.1) is 38.6 Å². The van der Waals surface area contributed by atoms with E-state index >= 15 is 0 Å². The molecule has 15 rings (SSSR count). The number of hydrogen-bond acceptors (Lipinski definition) is 3. The summed E-state index contributed by atoms with van der Waals surface area (Å²) in [7, 11) is 0. The van der Waals surface area contributed by atoms with Crippen molar-refractivity contribution in [3.05, 3.63) is 255 Å². The molecule has 0 amide bonds. The number of anilines is 2. The predicted molar refractivity (Wildman–Crippen MR) is 306 cm³/mol. The van der Waals surface area contributed by atoms with Crippen molar-refractivity contribution in [1.29, 1.82) is 0 Å². The van der Waals surface area contributed by atoms with E-state index in [1.54, 1.807) is 0 Å². The van der Waals surface area contributed by atoms with Crippen molar-refractivity contribution in [1.82, 2.24) is 23.7 Å². The molecule has 0 saturated heterocycles. The van der Waals surface area contributed by atoms with Gasteiger partial charge in [0.15, 0.2) is 5.82 Å². The average Bonchev–Trinajstić information content (AvgIpc) is 4.10. The standard InChI is InChI=1S/C67H44N6/c1-43-17-3-2-16-40-70(58-38-35-47(41-56(43)58)71-59-25-11-6-20-50(59)51-21-7-12-26-60(51)71)46-33-30-45(31-34-46)66-68-65-49-19-5-4-18-44(49)32-37-55(65)67(69-66)73-63-29-15-10-24-54(63)57-42-48(36-39-64(57)73)72-61-27-13-8-22-52(61)53-23-9-14-28-62(53)72/h2-39,41-42H,1,40H2/b16-2-,17-3-. The third kappa shape index (κ3) is 6.30. The lowest BCUT2D eigenvalue weighted by Gasteiger charge is -2.27. The first kappa shape index (κ1) is 41.0. The molecule has 0 atom stereocenters. The lowest BCUT2D eigenvalue weighted by atomic mass is 10.0. The van der Waals surface area contributed by atoms with Crippen LogP contribution in [0.4, 0.5) is 11.4 Å². The van der Waals surface area contributed by atoms with E-state index in [1.807, 2.05) is 0 Å². The molecule has 73 heavy (non-hydrogen) atoms. The Morgan fingerprint density at radius 1 is 0.384 bits per heavy atom. The molecule has 0 spiro atoms. The first-order chi connectivity index (χ1) is 36.1. The zero-order valence-corrected chi connectivity index (χ0v) is 39.7. The van der Waals surface area contributed by atoms with E-state index in [0.29, 0.717) is 12.4 Å². The fraction of sp³-hybridized carbons (Fsp3) is 0.0149. The number of rotatable bonds is 5. The highest BCUT2D eigenvalue weighted by Crippen LogP contribution is 2.42. The van der Waals surface area contributed by atoms with Crippen LogP contribution in [0.5, 0.6) is 0 Å². The third-order valence-electron chi connectivity index (χ3n) is 15.0. The summed E-state index contributed by atoms with van der Waals surface area (Å²) in [5.41, 5.74) is 15.1. The van der Waals surface area contributed by atoms with Crippen molar-refractivity contribution in [2.24, 2.45) is 0 Å². The van der Waals surface area contributed by atoms with E-state index in [2.05, 4.69) is 268 Å². The second kappa shape index (κ2) is 16.1. The van der Waals surface area contributed by atoms with Crippen molar-refractivity contribution in [3.63, 3.8) is 0 Å². The molecule has 6 heteroatoms. The largest absolute Gasteiger partial charge is 0.337 e. The maximum Gasteiger partial charge on any atom is 0.162 e. The van der Waals surface area contributed by atoms with E-state index in [-0.39, 0.29) is 0 Å². The summed E-state index contributed by atoms with van der Waals surface area (Å²) < 4.78 is 7.11. The van der Waals surface area contributed by atoms with Gasteiger partial charge in [-0.15, -0.1) is 0 Å². The Balaban J connectivity index is 0.879. The average molecular weight is 933 g/mol. The molecule has 0 bridgehead atoms. The van der Waals surface area contributed by atoms with Crippen LogP contribution in [-0.2, 0) is 0 Å². The van der Waals surface area contributed by atoms with Crippen LogP contribution in [0, 0.1) is 0 Å². The van der Waals surface area contributed by atoms with E-state index in [4.69, 9.17) is 9.97 Å². The van der Waals surface area contributed by atoms with Crippen LogP contribution in [0.25, 0.3) is 121 Å². The fourth-order valence-electron chi connectivity index (χ4n) is 11.7. The highest BCUT2D eigenvalue weighted by molar-refractivity contribution is 6.15.